The van der Waals surface area contributed by atoms with Crippen molar-refractivity contribution in [3.05, 3.63) is 150 Å². The van der Waals surface area contributed by atoms with E-state index in [4.69, 9.17) is 0 Å². The Morgan fingerprint density at radius 1 is 0.395 bits per heavy atom. The van der Waals surface area contributed by atoms with Crippen LogP contribution in [0.25, 0.3) is 60.9 Å². The average Bonchev–Trinajstić information content (AvgIpc) is 3.31. The van der Waals surface area contributed by atoms with Gasteiger partial charge in [0.15, 0.2) is 0 Å². The number of rotatable bonds is 4. The molecule has 0 radical (unpaired) electrons. The van der Waals surface area contributed by atoms with E-state index in [9.17, 15) is 0 Å². The first-order valence-electron chi connectivity index (χ1n) is 12.8. The Morgan fingerprint density at radius 3 is 1.58 bits per heavy atom. The molecule has 38 heavy (non-hydrogen) atoms. The molecule has 0 aliphatic heterocycles. The third kappa shape index (κ3) is 3.95. The van der Waals surface area contributed by atoms with E-state index in [-0.39, 0.29) is 0 Å². The molecule has 0 unspecified atom stereocenters. The number of para-hydroxylation sites is 1. The second-order valence-electron chi connectivity index (χ2n) is 9.56. The standard InChI is InChI=1S/C36H24BrN/c37-29-13-9-12-27(22-29)31-16-7-8-17-32(31)28-19-21-34-33-20-18-26(25-10-3-1-4-11-25)23-35(33)38(36(34)24-28)30-14-5-2-6-15-30/h1-24H. The molecule has 1 heterocycles. The SMILES string of the molecule is Brc1cccc(-c2ccccc2-c2ccc3c4ccc(-c5ccccc5)cc4n(-c4ccccc4)c3c2)c1. The Bertz CT molecular complexity index is 1920. The van der Waals surface area contributed by atoms with E-state index in [0.717, 1.165) is 10.2 Å². The van der Waals surface area contributed by atoms with Crippen molar-refractivity contribution in [1.82, 2.24) is 4.57 Å². The molecule has 0 aliphatic rings. The second kappa shape index (κ2) is 9.48. The summed E-state index contributed by atoms with van der Waals surface area (Å²) >= 11 is 3.65. The fraction of sp³-hybridized carbons (Fsp3) is 0. The number of aromatic nitrogens is 1. The molecule has 0 N–H and O–H groups in total. The zero-order valence-corrected chi connectivity index (χ0v) is 22.3. The molecule has 1 nitrogen and oxygen atoms in total. The summed E-state index contributed by atoms with van der Waals surface area (Å²) in [4.78, 5) is 0. The smallest absolute Gasteiger partial charge is 0.0547 e. The Morgan fingerprint density at radius 2 is 0.921 bits per heavy atom. The Kier molecular flexibility index (Phi) is 5.68. The minimum absolute atomic E-state index is 1.08. The Balaban J connectivity index is 1.50. The monoisotopic (exact) mass is 549 g/mol. The van der Waals surface area contributed by atoms with Gasteiger partial charge >= 0.3 is 0 Å². The van der Waals surface area contributed by atoms with Crippen LogP contribution in [-0.2, 0) is 0 Å². The molecule has 0 atom stereocenters. The summed E-state index contributed by atoms with van der Waals surface area (Å²) in [5, 5.41) is 2.52. The minimum atomic E-state index is 1.08. The molecule has 2 heteroatoms. The first-order chi connectivity index (χ1) is 18.8. The van der Waals surface area contributed by atoms with Gasteiger partial charge in [-0.3, -0.25) is 0 Å². The van der Waals surface area contributed by atoms with E-state index in [0.29, 0.717) is 0 Å². The third-order valence-corrected chi connectivity index (χ3v) is 7.76. The third-order valence-electron chi connectivity index (χ3n) is 7.26. The molecular formula is C36H24BrN. The summed E-state index contributed by atoms with van der Waals surface area (Å²) in [5.41, 5.74) is 10.9. The van der Waals surface area contributed by atoms with Crippen molar-refractivity contribution in [3.63, 3.8) is 0 Å². The van der Waals surface area contributed by atoms with Crippen LogP contribution in [0, 0.1) is 0 Å². The highest BCUT2D eigenvalue weighted by Gasteiger charge is 2.16. The van der Waals surface area contributed by atoms with E-state index < -0.39 is 0 Å². The van der Waals surface area contributed by atoms with Crippen molar-refractivity contribution in [2.45, 2.75) is 0 Å². The lowest BCUT2D eigenvalue weighted by atomic mass is 9.94. The van der Waals surface area contributed by atoms with Gasteiger partial charge in [0.25, 0.3) is 0 Å². The zero-order valence-electron chi connectivity index (χ0n) is 20.7. The quantitative estimate of drug-likeness (QED) is 0.205. The van der Waals surface area contributed by atoms with Crippen molar-refractivity contribution >= 4 is 37.7 Å². The molecule has 0 fully saturated rings. The van der Waals surface area contributed by atoms with Crippen LogP contribution in [0.1, 0.15) is 0 Å². The molecule has 0 amide bonds. The van der Waals surface area contributed by atoms with Crippen molar-refractivity contribution in [2.24, 2.45) is 0 Å². The van der Waals surface area contributed by atoms with Crippen LogP contribution in [0.5, 0.6) is 0 Å². The van der Waals surface area contributed by atoms with Gasteiger partial charge < -0.3 is 4.57 Å². The van der Waals surface area contributed by atoms with Gasteiger partial charge in [-0.15, -0.1) is 0 Å². The first kappa shape index (κ1) is 22.8. The lowest BCUT2D eigenvalue weighted by Crippen LogP contribution is -1.94. The lowest BCUT2D eigenvalue weighted by Gasteiger charge is -2.12. The van der Waals surface area contributed by atoms with Crippen molar-refractivity contribution in [1.29, 1.82) is 0 Å². The molecule has 0 saturated carbocycles. The van der Waals surface area contributed by atoms with Crippen LogP contribution < -0.4 is 0 Å². The van der Waals surface area contributed by atoms with Crippen molar-refractivity contribution in [2.75, 3.05) is 0 Å². The van der Waals surface area contributed by atoms with Crippen LogP contribution in [0.4, 0.5) is 0 Å². The molecule has 0 bridgehead atoms. The van der Waals surface area contributed by atoms with E-state index >= 15 is 0 Å². The van der Waals surface area contributed by atoms with Gasteiger partial charge in [-0.1, -0.05) is 125 Å². The highest BCUT2D eigenvalue weighted by Crippen LogP contribution is 2.39. The van der Waals surface area contributed by atoms with E-state index in [1.54, 1.807) is 0 Å². The summed E-state index contributed by atoms with van der Waals surface area (Å²) in [5.74, 6) is 0. The van der Waals surface area contributed by atoms with Gasteiger partial charge in [0.1, 0.15) is 0 Å². The predicted octanol–water partition coefficient (Wildman–Crippen LogP) is 10.5. The summed E-state index contributed by atoms with van der Waals surface area (Å²) in [7, 11) is 0. The van der Waals surface area contributed by atoms with Crippen LogP contribution in [0.3, 0.4) is 0 Å². The first-order valence-corrected chi connectivity index (χ1v) is 13.6. The molecular weight excluding hydrogens is 526 g/mol. The largest absolute Gasteiger partial charge is 0.309 e. The van der Waals surface area contributed by atoms with Gasteiger partial charge in [0.05, 0.1) is 11.0 Å². The van der Waals surface area contributed by atoms with Crippen LogP contribution in [-0.4, -0.2) is 4.57 Å². The van der Waals surface area contributed by atoms with E-state index in [1.807, 2.05) is 0 Å². The van der Waals surface area contributed by atoms with Gasteiger partial charge in [0.2, 0.25) is 0 Å². The van der Waals surface area contributed by atoms with E-state index in [2.05, 4.69) is 166 Å². The summed E-state index contributed by atoms with van der Waals surface area (Å²) in [6.45, 7) is 0. The summed E-state index contributed by atoms with van der Waals surface area (Å²) in [6.07, 6.45) is 0. The fourth-order valence-electron chi connectivity index (χ4n) is 5.49. The number of hydrogen-bond acceptors (Lipinski definition) is 0. The van der Waals surface area contributed by atoms with Gasteiger partial charge in [-0.25, -0.2) is 0 Å². The maximum absolute atomic E-state index is 3.65. The molecule has 7 aromatic rings. The molecule has 7 rings (SSSR count). The van der Waals surface area contributed by atoms with Gasteiger partial charge in [-0.05, 0) is 69.8 Å². The highest BCUT2D eigenvalue weighted by atomic mass is 79.9. The summed E-state index contributed by atoms with van der Waals surface area (Å²) < 4.78 is 3.49. The van der Waals surface area contributed by atoms with Gasteiger partial charge in [0, 0.05) is 20.9 Å². The van der Waals surface area contributed by atoms with Crippen molar-refractivity contribution < 1.29 is 0 Å². The number of benzene rings is 6. The number of nitrogens with zero attached hydrogens (tertiary/aromatic N) is 1. The maximum atomic E-state index is 3.65. The number of fused-ring (bicyclic) bond motifs is 3. The van der Waals surface area contributed by atoms with Crippen LogP contribution in [0.2, 0.25) is 0 Å². The van der Waals surface area contributed by atoms with Crippen molar-refractivity contribution in [3.8, 4) is 39.1 Å². The van der Waals surface area contributed by atoms with E-state index in [1.165, 1.54) is 55.2 Å². The molecule has 180 valence electrons. The Hall–Kier alpha value is -4.40. The lowest BCUT2D eigenvalue weighted by molar-refractivity contribution is 1.18. The minimum Gasteiger partial charge on any atom is -0.309 e. The maximum Gasteiger partial charge on any atom is 0.0547 e. The predicted molar refractivity (Wildman–Crippen MR) is 165 cm³/mol. The molecule has 0 saturated heterocycles. The zero-order chi connectivity index (χ0) is 25.5. The fourth-order valence-corrected chi connectivity index (χ4v) is 5.89. The summed E-state index contributed by atoms with van der Waals surface area (Å²) in [6, 6.07) is 52.2. The van der Waals surface area contributed by atoms with Crippen LogP contribution in [0.15, 0.2) is 150 Å². The molecule has 0 aliphatic carbocycles. The molecule has 1 aromatic heterocycles. The normalized spacial score (nSPS) is 11.3. The van der Waals surface area contributed by atoms with Gasteiger partial charge in [-0.2, -0.15) is 0 Å². The highest BCUT2D eigenvalue weighted by molar-refractivity contribution is 9.10. The average molecular weight is 550 g/mol. The number of hydrogen-bond donors (Lipinski definition) is 0. The topological polar surface area (TPSA) is 4.93 Å². The van der Waals surface area contributed by atoms with Crippen LogP contribution >= 0.6 is 15.9 Å². The molecule has 0 spiro atoms. The Labute approximate surface area is 230 Å². The molecule has 6 aromatic carbocycles. The number of halogens is 1. The second-order valence-corrected chi connectivity index (χ2v) is 10.5.